The number of fused-ring (bicyclic) bond motifs is 1. The van der Waals surface area contributed by atoms with Gasteiger partial charge in [0.2, 0.25) is 0 Å². The standard InChI is InChI=1S/C14H17N3O3/c1-17-12-6-5-10(15-7-8-18)9-11(12)16-13(17)3-2-4-14(19)20/h5-6,8-9,15H,2-4,7H2,1H3,(H,19,20). The van der Waals surface area contributed by atoms with Crippen molar-refractivity contribution in [2.24, 2.45) is 7.05 Å². The van der Waals surface area contributed by atoms with Gasteiger partial charge in [-0.1, -0.05) is 0 Å². The zero-order chi connectivity index (χ0) is 14.5. The van der Waals surface area contributed by atoms with E-state index in [0.29, 0.717) is 12.8 Å². The van der Waals surface area contributed by atoms with Gasteiger partial charge in [0.05, 0.1) is 17.6 Å². The molecule has 0 atom stereocenters. The summed E-state index contributed by atoms with van der Waals surface area (Å²) in [5.74, 6) is 0.0814. The molecular formula is C14H17N3O3. The molecule has 0 radical (unpaired) electrons. The molecule has 0 fully saturated rings. The second-order valence-corrected chi connectivity index (χ2v) is 4.59. The van der Waals surface area contributed by atoms with Crippen LogP contribution in [0.25, 0.3) is 11.0 Å². The smallest absolute Gasteiger partial charge is 0.303 e. The van der Waals surface area contributed by atoms with Gasteiger partial charge < -0.3 is 19.8 Å². The van der Waals surface area contributed by atoms with E-state index < -0.39 is 5.97 Å². The van der Waals surface area contributed by atoms with Crippen molar-refractivity contribution in [2.75, 3.05) is 11.9 Å². The van der Waals surface area contributed by atoms with Gasteiger partial charge in [0.15, 0.2) is 0 Å². The van der Waals surface area contributed by atoms with Crippen LogP contribution in [0, 0.1) is 0 Å². The first kappa shape index (κ1) is 14.0. The fourth-order valence-corrected chi connectivity index (χ4v) is 2.14. The fraction of sp³-hybridized carbons (Fsp3) is 0.357. The van der Waals surface area contributed by atoms with Gasteiger partial charge in [-0.3, -0.25) is 4.79 Å². The van der Waals surface area contributed by atoms with Crippen molar-refractivity contribution >= 4 is 29.0 Å². The lowest BCUT2D eigenvalue weighted by atomic mass is 10.2. The number of aromatic nitrogens is 2. The number of hydrogen-bond donors (Lipinski definition) is 2. The monoisotopic (exact) mass is 275 g/mol. The summed E-state index contributed by atoms with van der Waals surface area (Å²) in [5.41, 5.74) is 2.68. The number of rotatable bonds is 7. The van der Waals surface area contributed by atoms with Gasteiger partial charge in [0, 0.05) is 25.6 Å². The molecule has 0 spiro atoms. The summed E-state index contributed by atoms with van der Waals surface area (Å²) < 4.78 is 1.97. The molecule has 0 amide bonds. The Labute approximate surface area is 116 Å². The summed E-state index contributed by atoms with van der Waals surface area (Å²) in [4.78, 5) is 25.4. The Morgan fingerprint density at radius 1 is 1.50 bits per heavy atom. The van der Waals surface area contributed by atoms with E-state index in [4.69, 9.17) is 5.11 Å². The van der Waals surface area contributed by atoms with Gasteiger partial charge in [0.25, 0.3) is 0 Å². The second kappa shape index (κ2) is 6.18. The zero-order valence-corrected chi connectivity index (χ0v) is 11.3. The molecule has 2 N–H and O–H groups in total. The highest BCUT2D eigenvalue weighted by molar-refractivity contribution is 5.80. The largest absolute Gasteiger partial charge is 0.481 e. The molecule has 0 bridgehead atoms. The van der Waals surface area contributed by atoms with Crippen molar-refractivity contribution in [3.8, 4) is 0 Å². The summed E-state index contributed by atoms with van der Waals surface area (Å²) in [6.07, 6.45) is 2.16. The van der Waals surface area contributed by atoms with Crippen molar-refractivity contribution in [1.29, 1.82) is 0 Å². The average molecular weight is 275 g/mol. The van der Waals surface area contributed by atoms with E-state index in [1.165, 1.54) is 0 Å². The third-order valence-electron chi connectivity index (χ3n) is 3.15. The molecule has 0 aliphatic carbocycles. The number of carboxylic acids is 1. The Bertz CT molecular complexity index is 634. The van der Waals surface area contributed by atoms with Crippen LogP contribution in [0.15, 0.2) is 18.2 Å². The molecule has 2 rings (SSSR count). The molecular weight excluding hydrogens is 258 g/mol. The molecule has 0 aliphatic heterocycles. The molecule has 1 heterocycles. The van der Waals surface area contributed by atoms with E-state index >= 15 is 0 Å². The first-order valence-electron chi connectivity index (χ1n) is 6.46. The van der Waals surface area contributed by atoms with Gasteiger partial charge in [-0.05, 0) is 24.6 Å². The molecule has 1 aromatic heterocycles. The Balaban J connectivity index is 2.18. The lowest BCUT2D eigenvalue weighted by Gasteiger charge is -2.02. The van der Waals surface area contributed by atoms with Crippen LogP contribution < -0.4 is 5.32 Å². The van der Waals surface area contributed by atoms with Crippen molar-refractivity contribution in [2.45, 2.75) is 19.3 Å². The van der Waals surface area contributed by atoms with Crippen LogP contribution in [-0.2, 0) is 23.1 Å². The van der Waals surface area contributed by atoms with E-state index in [2.05, 4.69) is 10.3 Å². The van der Waals surface area contributed by atoms with Crippen LogP contribution in [0.3, 0.4) is 0 Å². The maximum absolute atomic E-state index is 10.5. The van der Waals surface area contributed by atoms with Gasteiger partial charge in [-0.15, -0.1) is 0 Å². The number of benzene rings is 1. The van der Waals surface area contributed by atoms with Crippen LogP contribution in [-0.4, -0.2) is 33.5 Å². The van der Waals surface area contributed by atoms with Crippen LogP contribution in [0.2, 0.25) is 0 Å². The predicted octanol–water partition coefficient (Wildman–Crippen LogP) is 1.59. The summed E-state index contributed by atoms with van der Waals surface area (Å²) in [6.45, 7) is 0.268. The Morgan fingerprint density at radius 3 is 3.00 bits per heavy atom. The summed E-state index contributed by atoms with van der Waals surface area (Å²) >= 11 is 0. The highest BCUT2D eigenvalue weighted by atomic mass is 16.4. The summed E-state index contributed by atoms with van der Waals surface area (Å²) in [6, 6.07) is 5.73. The molecule has 106 valence electrons. The predicted molar refractivity (Wildman–Crippen MR) is 75.8 cm³/mol. The molecule has 0 aliphatic rings. The number of anilines is 1. The molecule has 0 saturated heterocycles. The van der Waals surface area contributed by atoms with Crippen LogP contribution in [0.5, 0.6) is 0 Å². The number of carbonyl (C=O) groups excluding carboxylic acids is 1. The van der Waals surface area contributed by atoms with Gasteiger partial charge >= 0.3 is 5.97 Å². The Kier molecular flexibility index (Phi) is 4.34. The highest BCUT2D eigenvalue weighted by Crippen LogP contribution is 2.20. The fourth-order valence-electron chi connectivity index (χ4n) is 2.14. The number of aldehydes is 1. The van der Waals surface area contributed by atoms with Gasteiger partial charge in [-0.2, -0.15) is 0 Å². The van der Waals surface area contributed by atoms with Crippen molar-refractivity contribution in [3.05, 3.63) is 24.0 Å². The first-order valence-corrected chi connectivity index (χ1v) is 6.46. The Morgan fingerprint density at radius 2 is 2.30 bits per heavy atom. The molecule has 6 heteroatoms. The highest BCUT2D eigenvalue weighted by Gasteiger charge is 2.09. The molecule has 0 saturated carbocycles. The normalized spacial score (nSPS) is 10.7. The lowest BCUT2D eigenvalue weighted by Crippen LogP contribution is -2.01. The van der Waals surface area contributed by atoms with Crippen molar-refractivity contribution in [1.82, 2.24) is 9.55 Å². The second-order valence-electron chi connectivity index (χ2n) is 4.59. The number of carbonyl (C=O) groups is 2. The van der Waals surface area contributed by atoms with Crippen molar-refractivity contribution < 1.29 is 14.7 Å². The van der Waals surface area contributed by atoms with Crippen LogP contribution in [0.4, 0.5) is 5.69 Å². The van der Waals surface area contributed by atoms with Gasteiger partial charge in [-0.25, -0.2) is 4.98 Å². The number of aryl methyl sites for hydroxylation is 2. The zero-order valence-electron chi connectivity index (χ0n) is 11.3. The van der Waals surface area contributed by atoms with E-state index in [9.17, 15) is 9.59 Å². The molecule has 6 nitrogen and oxygen atoms in total. The van der Waals surface area contributed by atoms with E-state index in [-0.39, 0.29) is 13.0 Å². The molecule has 0 unspecified atom stereocenters. The first-order chi connectivity index (χ1) is 9.61. The molecule has 1 aromatic carbocycles. The molecule has 2 aromatic rings. The minimum Gasteiger partial charge on any atom is -0.481 e. The number of aliphatic carboxylic acids is 1. The van der Waals surface area contributed by atoms with E-state index in [1.54, 1.807) is 0 Å². The topological polar surface area (TPSA) is 84.2 Å². The SMILES string of the molecule is Cn1c(CCCC(=O)O)nc2cc(NCC=O)ccc21. The third-order valence-corrected chi connectivity index (χ3v) is 3.15. The number of imidazole rings is 1. The van der Waals surface area contributed by atoms with Crippen LogP contribution >= 0.6 is 0 Å². The lowest BCUT2D eigenvalue weighted by molar-refractivity contribution is -0.137. The third kappa shape index (κ3) is 3.14. The summed E-state index contributed by atoms with van der Waals surface area (Å²) in [7, 11) is 1.92. The average Bonchev–Trinajstić information content (AvgIpc) is 2.72. The minimum absolute atomic E-state index is 0.148. The maximum atomic E-state index is 10.5. The van der Waals surface area contributed by atoms with Crippen LogP contribution in [0.1, 0.15) is 18.7 Å². The van der Waals surface area contributed by atoms with Crippen molar-refractivity contribution in [3.63, 3.8) is 0 Å². The quantitative estimate of drug-likeness (QED) is 0.750. The van der Waals surface area contributed by atoms with E-state index in [1.807, 2.05) is 29.8 Å². The minimum atomic E-state index is -0.788. The van der Waals surface area contributed by atoms with Gasteiger partial charge in [0.1, 0.15) is 12.1 Å². The van der Waals surface area contributed by atoms with E-state index in [0.717, 1.165) is 28.8 Å². The Hall–Kier alpha value is -2.37. The maximum Gasteiger partial charge on any atom is 0.303 e. The number of hydrogen-bond acceptors (Lipinski definition) is 4. The number of carboxylic acid groups (broad SMARTS) is 1. The molecule has 20 heavy (non-hydrogen) atoms. The summed E-state index contributed by atoms with van der Waals surface area (Å²) in [5, 5.41) is 11.6. The number of nitrogens with zero attached hydrogens (tertiary/aromatic N) is 2. The number of nitrogens with one attached hydrogen (secondary N) is 1.